The van der Waals surface area contributed by atoms with Crippen LogP contribution in [-0.4, -0.2) is 49.5 Å². The Kier molecular flexibility index (Phi) is 5.16. The maximum Gasteiger partial charge on any atom is 0.341 e. The van der Waals surface area contributed by atoms with Crippen LogP contribution in [0.2, 0.25) is 5.02 Å². The van der Waals surface area contributed by atoms with Crippen molar-refractivity contribution in [2.24, 2.45) is 0 Å². The number of aliphatic hydroxyl groups excluding tert-OH is 1. The van der Waals surface area contributed by atoms with Crippen LogP contribution in [0.3, 0.4) is 0 Å². The Bertz CT molecular complexity index is 1040. The molecular formula is C19H18ClNO7S. The first-order valence-corrected chi connectivity index (χ1v) is 10.7. The lowest BCUT2D eigenvalue weighted by atomic mass is 9.95. The predicted molar refractivity (Wildman–Crippen MR) is 103 cm³/mol. The van der Waals surface area contributed by atoms with E-state index in [1.54, 1.807) is 18.2 Å². The molecule has 1 fully saturated rings. The highest BCUT2D eigenvalue weighted by Crippen LogP contribution is 2.51. The van der Waals surface area contributed by atoms with Gasteiger partial charge in [-0.15, -0.1) is 0 Å². The van der Waals surface area contributed by atoms with Gasteiger partial charge in [0, 0.05) is 17.0 Å². The van der Waals surface area contributed by atoms with Gasteiger partial charge in [0.25, 0.3) is 0 Å². The standard InChI is InChI=1S/C19H18ClNO7S/c20-10-4-6-11(7-5-10)29(25,26)21-13-8-15-17(18(13)24)12-2-1-3-14(19(12)28-15)27-9-16(22)23/h1-7,13,15,17-18,21,24H,8-9H2,(H,22,23). The molecule has 8 nitrogen and oxygen atoms in total. The van der Waals surface area contributed by atoms with E-state index in [1.807, 2.05) is 0 Å². The van der Waals surface area contributed by atoms with Crippen LogP contribution in [0.15, 0.2) is 47.4 Å². The highest BCUT2D eigenvalue weighted by molar-refractivity contribution is 7.89. The molecule has 4 atom stereocenters. The molecule has 1 aliphatic carbocycles. The van der Waals surface area contributed by atoms with Gasteiger partial charge in [0.15, 0.2) is 18.1 Å². The number of aliphatic carboxylic acids is 1. The van der Waals surface area contributed by atoms with Crippen molar-refractivity contribution < 1.29 is 32.9 Å². The molecule has 2 aliphatic rings. The van der Waals surface area contributed by atoms with Crippen LogP contribution < -0.4 is 14.2 Å². The van der Waals surface area contributed by atoms with Crippen molar-refractivity contribution >= 4 is 27.6 Å². The number of carboxylic acid groups (broad SMARTS) is 1. The van der Waals surface area contributed by atoms with Gasteiger partial charge in [0.2, 0.25) is 10.0 Å². The van der Waals surface area contributed by atoms with Gasteiger partial charge in [-0.1, -0.05) is 23.7 Å². The third-order valence-corrected chi connectivity index (χ3v) is 6.84. The Morgan fingerprint density at radius 2 is 1.97 bits per heavy atom. The van der Waals surface area contributed by atoms with E-state index in [9.17, 15) is 18.3 Å². The molecule has 0 saturated heterocycles. The molecule has 29 heavy (non-hydrogen) atoms. The molecule has 0 aromatic heterocycles. The lowest BCUT2D eigenvalue weighted by Crippen LogP contribution is -2.41. The van der Waals surface area contributed by atoms with Crippen LogP contribution in [0.25, 0.3) is 0 Å². The van der Waals surface area contributed by atoms with Crippen molar-refractivity contribution in [3.63, 3.8) is 0 Å². The first-order valence-electron chi connectivity index (χ1n) is 8.86. The summed E-state index contributed by atoms with van der Waals surface area (Å²) in [4.78, 5) is 10.8. The topological polar surface area (TPSA) is 122 Å². The van der Waals surface area contributed by atoms with Crippen molar-refractivity contribution in [1.82, 2.24) is 4.72 Å². The van der Waals surface area contributed by atoms with E-state index in [0.717, 1.165) is 0 Å². The lowest BCUT2D eigenvalue weighted by molar-refractivity contribution is -0.139. The monoisotopic (exact) mass is 439 g/mol. The molecular weight excluding hydrogens is 422 g/mol. The molecule has 10 heteroatoms. The highest BCUT2D eigenvalue weighted by atomic mass is 35.5. The summed E-state index contributed by atoms with van der Waals surface area (Å²) < 4.78 is 39.0. The Morgan fingerprint density at radius 1 is 1.24 bits per heavy atom. The van der Waals surface area contributed by atoms with E-state index in [1.165, 1.54) is 24.3 Å². The summed E-state index contributed by atoms with van der Waals surface area (Å²) in [6.45, 7) is -0.513. The fourth-order valence-corrected chi connectivity index (χ4v) is 5.23. The van der Waals surface area contributed by atoms with Gasteiger partial charge in [-0.2, -0.15) is 0 Å². The van der Waals surface area contributed by atoms with E-state index >= 15 is 0 Å². The average Bonchev–Trinajstić information content (AvgIpc) is 3.17. The second kappa shape index (κ2) is 7.49. The third-order valence-electron chi connectivity index (χ3n) is 5.09. The van der Waals surface area contributed by atoms with Crippen LogP contribution >= 0.6 is 11.6 Å². The number of sulfonamides is 1. The van der Waals surface area contributed by atoms with Crippen molar-refractivity contribution in [2.75, 3.05) is 6.61 Å². The largest absolute Gasteiger partial charge is 0.485 e. The quantitative estimate of drug-likeness (QED) is 0.626. The molecule has 3 N–H and O–H groups in total. The van der Waals surface area contributed by atoms with E-state index in [4.69, 9.17) is 26.2 Å². The normalized spacial score (nSPS) is 25.2. The minimum Gasteiger partial charge on any atom is -0.485 e. The molecule has 4 unspecified atom stereocenters. The molecule has 4 rings (SSSR count). The van der Waals surface area contributed by atoms with Crippen molar-refractivity contribution in [3.05, 3.63) is 53.1 Å². The SMILES string of the molecule is O=C(O)COc1cccc2c1OC1CC(NS(=O)(=O)c3ccc(Cl)cc3)C(O)C21. The van der Waals surface area contributed by atoms with Crippen LogP contribution in [0.4, 0.5) is 0 Å². The lowest BCUT2D eigenvalue weighted by Gasteiger charge is -2.20. The van der Waals surface area contributed by atoms with Crippen LogP contribution in [-0.2, 0) is 14.8 Å². The number of carboxylic acids is 1. The smallest absolute Gasteiger partial charge is 0.341 e. The number of hydrogen-bond donors (Lipinski definition) is 3. The number of para-hydroxylation sites is 1. The number of aliphatic hydroxyl groups is 1. The molecule has 2 aromatic carbocycles. The van der Waals surface area contributed by atoms with E-state index < -0.39 is 46.8 Å². The molecule has 1 saturated carbocycles. The predicted octanol–water partition coefficient (Wildman–Crippen LogP) is 1.76. The zero-order valence-corrected chi connectivity index (χ0v) is 16.6. The zero-order chi connectivity index (χ0) is 20.8. The molecule has 1 aliphatic heterocycles. The highest BCUT2D eigenvalue weighted by Gasteiger charge is 2.51. The summed E-state index contributed by atoms with van der Waals surface area (Å²) in [5, 5.41) is 20.0. The van der Waals surface area contributed by atoms with Gasteiger partial charge in [-0.3, -0.25) is 0 Å². The maximum absolute atomic E-state index is 12.6. The van der Waals surface area contributed by atoms with E-state index in [2.05, 4.69) is 4.72 Å². The Hall–Kier alpha value is -2.33. The van der Waals surface area contributed by atoms with E-state index in [0.29, 0.717) is 16.3 Å². The summed E-state index contributed by atoms with van der Waals surface area (Å²) in [5.41, 5.74) is 0.665. The molecule has 1 heterocycles. The summed E-state index contributed by atoms with van der Waals surface area (Å²) in [6.07, 6.45) is -1.21. The number of benzene rings is 2. The Morgan fingerprint density at radius 3 is 2.66 bits per heavy atom. The number of halogens is 1. The average molecular weight is 440 g/mol. The minimum atomic E-state index is -3.84. The van der Waals surface area contributed by atoms with Gasteiger partial charge >= 0.3 is 5.97 Å². The van der Waals surface area contributed by atoms with Crippen molar-refractivity contribution in [1.29, 1.82) is 0 Å². The number of hydrogen-bond acceptors (Lipinski definition) is 6. The van der Waals surface area contributed by atoms with Gasteiger partial charge in [-0.25, -0.2) is 17.9 Å². The first kappa shape index (κ1) is 20.0. The zero-order valence-electron chi connectivity index (χ0n) is 15.0. The van der Waals surface area contributed by atoms with Gasteiger partial charge < -0.3 is 19.7 Å². The van der Waals surface area contributed by atoms with Gasteiger partial charge in [0.05, 0.1) is 23.0 Å². The Balaban J connectivity index is 1.53. The number of rotatable bonds is 6. The molecule has 2 aromatic rings. The molecule has 0 radical (unpaired) electrons. The number of ether oxygens (including phenoxy) is 2. The second-order valence-electron chi connectivity index (χ2n) is 6.95. The van der Waals surface area contributed by atoms with Crippen LogP contribution in [0.1, 0.15) is 17.9 Å². The Labute approximate surface area is 172 Å². The summed E-state index contributed by atoms with van der Waals surface area (Å²) >= 11 is 5.81. The van der Waals surface area contributed by atoms with Crippen molar-refractivity contribution in [3.8, 4) is 11.5 Å². The molecule has 0 amide bonds. The number of carbonyl (C=O) groups is 1. The van der Waals surface area contributed by atoms with Crippen LogP contribution in [0, 0.1) is 0 Å². The van der Waals surface area contributed by atoms with Crippen molar-refractivity contribution in [2.45, 2.75) is 35.5 Å². The molecule has 0 spiro atoms. The number of nitrogens with one attached hydrogen (secondary N) is 1. The summed E-state index contributed by atoms with van der Waals surface area (Å²) in [5.74, 6) is -0.889. The second-order valence-corrected chi connectivity index (χ2v) is 9.10. The number of fused-ring (bicyclic) bond motifs is 3. The summed E-state index contributed by atoms with van der Waals surface area (Å²) in [6, 6.07) is 10.0. The first-order chi connectivity index (χ1) is 13.8. The molecule has 0 bridgehead atoms. The maximum atomic E-state index is 12.6. The van der Waals surface area contributed by atoms with E-state index in [-0.39, 0.29) is 17.1 Å². The summed E-state index contributed by atoms with van der Waals surface area (Å²) in [7, 11) is -3.84. The molecule has 154 valence electrons. The van der Waals surface area contributed by atoms with Gasteiger partial charge in [-0.05, 0) is 30.3 Å². The third kappa shape index (κ3) is 3.78. The fourth-order valence-electron chi connectivity index (χ4n) is 3.84. The van der Waals surface area contributed by atoms with Crippen LogP contribution in [0.5, 0.6) is 11.5 Å². The fraction of sp³-hybridized carbons (Fsp3) is 0.316. The van der Waals surface area contributed by atoms with Gasteiger partial charge in [0.1, 0.15) is 6.10 Å². The minimum absolute atomic E-state index is 0.0526.